The van der Waals surface area contributed by atoms with Gasteiger partial charge in [-0.3, -0.25) is 4.57 Å². The van der Waals surface area contributed by atoms with E-state index >= 15 is 0 Å². The molecule has 180 valence electrons. The van der Waals surface area contributed by atoms with Crippen LogP contribution in [0.15, 0.2) is 43.0 Å². The summed E-state index contributed by atoms with van der Waals surface area (Å²) >= 11 is 5.94. The number of nitrogens with one attached hydrogen (secondary N) is 1. The van der Waals surface area contributed by atoms with Crippen LogP contribution >= 0.6 is 11.6 Å². The molecule has 1 aromatic carbocycles. The van der Waals surface area contributed by atoms with Gasteiger partial charge >= 0.3 is 0 Å². The molecule has 0 bridgehead atoms. The first-order valence-corrected chi connectivity index (χ1v) is 11.5. The van der Waals surface area contributed by atoms with E-state index < -0.39 is 11.6 Å². The predicted octanol–water partition coefficient (Wildman–Crippen LogP) is 5.36. The minimum atomic E-state index is -0.630. The van der Waals surface area contributed by atoms with Crippen molar-refractivity contribution in [1.82, 2.24) is 24.5 Å². The number of benzene rings is 1. The lowest BCUT2D eigenvalue weighted by molar-refractivity contribution is 0.557. The Bertz CT molecular complexity index is 1430. The molecule has 0 spiro atoms. The Labute approximate surface area is 206 Å². The van der Waals surface area contributed by atoms with Crippen LogP contribution in [-0.4, -0.2) is 38.1 Å². The minimum absolute atomic E-state index is 0.283. The molecule has 4 heterocycles. The average Bonchev–Trinajstić information content (AvgIpc) is 3.34. The van der Waals surface area contributed by atoms with E-state index in [0.29, 0.717) is 35.6 Å². The number of hydrogen-bond donors (Lipinski definition) is 1. The normalized spacial score (nSPS) is 14.3. The van der Waals surface area contributed by atoms with E-state index in [1.165, 1.54) is 12.1 Å². The van der Waals surface area contributed by atoms with Crippen LogP contribution in [0.5, 0.6) is 0 Å². The highest BCUT2D eigenvalue weighted by molar-refractivity contribution is 6.29. The van der Waals surface area contributed by atoms with Crippen LogP contribution in [0.4, 0.5) is 26.1 Å². The summed E-state index contributed by atoms with van der Waals surface area (Å²) < 4.78 is 30.1. The smallest absolute Gasteiger partial charge is 0.149 e. The molecule has 7 nitrogen and oxygen atoms in total. The summed E-state index contributed by atoms with van der Waals surface area (Å²) in [5.41, 5.74) is 2.71. The van der Waals surface area contributed by atoms with Crippen LogP contribution < -0.4 is 10.2 Å². The maximum atomic E-state index is 14.7. The molecular formula is C25H24ClF2N7. The fourth-order valence-corrected chi connectivity index (χ4v) is 4.76. The van der Waals surface area contributed by atoms with Gasteiger partial charge in [-0.05, 0) is 30.2 Å². The minimum Gasteiger partial charge on any atom is -0.373 e. The Kier molecular flexibility index (Phi) is 5.67. The Hall–Kier alpha value is -3.59. The van der Waals surface area contributed by atoms with E-state index in [1.807, 2.05) is 13.0 Å². The number of aromatic nitrogens is 5. The van der Waals surface area contributed by atoms with E-state index in [1.54, 1.807) is 35.2 Å². The van der Waals surface area contributed by atoms with Crippen LogP contribution in [-0.2, 0) is 11.8 Å². The molecule has 35 heavy (non-hydrogen) atoms. The van der Waals surface area contributed by atoms with Crippen LogP contribution in [0, 0.1) is 18.6 Å². The highest BCUT2D eigenvalue weighted by atomic mass is 35.5. The van der Waals surface area contributed by atoms with Gasteiger partial charge in [0.25, 0.3) is 0 Å². The molecule has 1 aliphatic heterocycles. The quantitative estimate of drug-likeness (QED) is 0.402. The van der Waals surface area contributed by atoms with Gasteiger partial charge in [-0.25, -0.2) is 28.7 Å². The topological polar surface area (TPSA) is 71.8 Å². The molecule has 0 unspecified atom stereocenters. The number of halogens is 3. The van der Waals surface area contributed by atoms with E-state index in [9.17, 15) is 8.78 Å². The number of aryl methyl sites for hydroxylation is 1. The first kappa shape index (κ1) is 23.2. The molecule has 4 aromatic rings. The van der Waals surface area contributed by atoms with Crippen LogP contribution in [0.25, 0.3) is 5.82 Å². The van der Waals surface area contributed by atoms with Crippen molar-refractivity contribution in [3.8, 4) is 5.82 Å². The molecule has 1 aliphatic rings. The van der Waals surface area contributed by atoms with E-state index in [2.05, 4.69) is 29.1 Å². The molecule has 0 saturated carbocycles. The maximum absolute atomic E-state index is 14.7. The van der Waals surface area contributed by atoms with Crippen LogP contribution in [0.3, 0.4) is 0 Å². The summed E-state index contributed by atoms with van der Waals surface area (Å²) in [6, 6.07) is 5.62. The number of rotatable bonds is 5. The molecule has 0 saturated heterocycles. The van der Waals surface area contributed by atoms with Crippen LogP contribution in [0.1, 0.15) is 36.4 Å². The van der Waals surface area contributed by atoms with Gasteiger partial charge in [0.1, 0.15) is 46.4 Å². The van der Waals surface area contributed by atoms with Gasteiger partial charge in [0.2, 0.25) is 0 Å². The fourth-order valence-electron chi connectivity index (χ4n) is 4.61. The summed E-state index contributed by atoms with van der Waals surface area (Å²) in [5, 5.41) is 3.57. The Balaban J connectivity index is 1.54. The lowest BCUT2D eigenvalue weighted by Crippen LogP contribution is -2.26. The fraction of sp³-hybridized carbons (Fsp3) is 0.280. The Morgan fingerprint density at radius 2 is 1.91 bits per heavy atom. The zero-order valence-electron chi connectivity index (χ0n) is 19.8. The van der Waals surface area contributed by atoms with Gasteiger partial charge in [-0.2, -0.15) is 0 Å². The van der Waals surface area contributed by atoms with Crippen molar-refractivity contribution in [1.29, 1.82) is 0 Å². The van der Waals surface area contributed by atoms with Crippen molar-refractivity contribution in [3.05, 3.63) is 82.3 Å². The lowest BCUT2D eigenvalue weighted by Gasteiger charge is -2.22. The lowest BCUT2D eigenvalue weighted by atomic mass is 9.88. The third-order valence-corrected chi connectivity index (χ3v) is 6.32. The molecular weight excluding hydrogens is 472 g/mol. The number of anilines is 3. The van der Waals surface area contributed by atoms with Gasteiger partial charge in [0, 0.05) is 49.5 Å². The second kappa shape index (κ2) is 8.57. The summed E-state index contributed by atoms with van der Waals surface area (Å²) in [7, 11) is 1.81. The van der Waals surface area contributed by atoms with Gasteiger partial charge in [-0.15, -0.1) is 0 Å². The van der Waals surface area contributed by atoms with Crippen molar-refractivity contribution < 1.29 is 8.78 Å². The average molecular weight is 496 g/mol. The summed E-state index contributed by atoms with van der Waals surface area (Å²) in [5.74, 6) is 1.36. The zero-order valence-corrected chi connectivity index (χ0v) is 20.5. The molecule has 0 radical (unpaired) electrons. The number of hydrogen-bond acceptors (Lipinski definition) is 6. The third-order valence-electron chi connectivity index (χ3n) is 6.12. The number of imidazole rings is 1. The second-order valence-electron chi connectivity index (χ2n) is 9.27. The van der Waals surface area contributed by atoms with Crippen molar-refractivity contribution in [2.24, 2.45) is 0 Å². The highest BCUT2D eigenvalue weighted by Crippen LogP contribution is 2.46. The van der Waals surface area contributed by atoms with Crippen molar-refractivity contribution in [3.63, 3.8) is 0 Å². The van der Waals surface area contributed by atoms with Crippen molar-refractivity contribution in [2.45, 2.75) is 32.6 Å². The van der Waals surface area contributed by atoms with E-state index in [0.717, 1.165) is 28.6 Å². The third kappa shape index (κ3) is 4.20. The van der Waals surface area contributed by atoms with Gasteiger partial charge in [0.15, 0.2) is 0 Å². The molecule has 0 atom stereocenters. The standard InChI is InChI=1S/C25H24ClF2N7/c1-14-7-15(10-30-23(14)34-11-19(26)31-13-34)8-20-32-22(29-4)21-24(33-20)35(12-25(21,2)3)18-6-5-16(27)9-17(18)28/h5-7,9-11,13H,8,12H2,1-4H3,(H,29,32,33). The van der Waals surface area contributed by atoms with Gasteiger partial charge < -0.3 is 10.2 Å². The molecule has 5 rings (SSSR count). The molecule has 10 heteroatoms. The first-order valence-electron chi connectivity index (χ1n) is 11.1. The van der Waals surface area contributed by atoms with Gasteiger partial charge in [0.05, 0.1) is 5.69 Å². The monoisotopic (exact) mass is 495 g/mol. The molecule has 1 N–H and O–H groups in total. The first-order chi connectivity index (χ1) is 16.7. The van der Waals surface area contributed by atoms with E-state index in [-0.39, 0.29) is 11.1 Å². The molecule has 0 amide bonds. The molecule has 0 aliphatic carbocycles. The van der Waals surface area contributed by atoms with Crippen molar-refractivity contribution >= 4 is 28.9 Å². The van der Waals surface area contributed by atoms with Crippen LogP contribution in [0.2, 0.25) is 5.15 Å². The summed E-state index contributed by atoms with van der Waals surface area (Å²) in [6.07, 6.45) is 5.52. The number of nitrogens with zero attached hydrogens (tertiary/aromatic N) is 6. The maximum Gasteiger partial charge on any atom is 0.149 e. The largest absolute Gasteiger partial charge is 0.373 e. The zero-order chi connectivity index (χ0) is 24.9. The Morgan fingerprint density at radius 1 is 1.11 bits per heavy atom. The molecule has 0 fully saturated rings. The van der Waals surface area contributed by atoms with Gasteiger partial charge in [-0.1, -0.05) is 31.5 Å². The summed E-state index contributed by atoms with van der Waals surface area (Å²) in [6.45, 7) is 6.57. The Morgan fingerprint density at radius 3 is 2.57 bits per heavy atom. The van der Waals surface area contributed by atoms with Crippen molar-refractivity contribution in [2.75, 3.05) is 23.8 Å². The predicted molar refractivity (Wildman–Crippen MR) is 132 cm³/mol. The SMILES string of the molecule is CNc1nc(Cc2cnc(-n3cnc(Cl)c3)c(C)c2)nc2c1C(C)(C)CN2c1ccc(F)cc1F. The number of fused-ring (bicyclic) bond motifs is 1. The highest BCUT2D eigenvalue weighted by Gasteiger charge is 2.41. The summed E-state index contributed by atoms with van der Waals surface area (Å²) in [4.78, 5) is 20.0. The molecule has 3 aromatic heterocycles. The number of pyridine rings is 1. The van der Waals surface area contributed by atoms with E-state index in [4.69, 9.17) is 21.6 Å². The second-order valence-corrected chi connectivity index (χ2v) is 9.65.